The van der Waals surface area contributed by atoms with Gasteiger partial charge in [-0.25, -0.2) is 0 Å². The smallest absolute Gasteiger partial charge is 0.282 e. The zero-order valence-electron chi connectivity index (χ0n) is 15.1. The standard InChI is InChI=1S/C16H31N5O3S/c1-18-5-9-20(10-6-18)25(23,24)21-11-7-19(8-12-21)16(22)13-14-3-2-4-15(14)17/h14-15H,2-13,17H2,1H3/t14-,15+/m0/s1. The fraction of sp³-hybridized carbons (Fsp3) is 0.938. The van der Waals surface area contributed by atoms with Gasteiger partial charge >= 0.3 is 0 Å². The minimum atomic E-state index is -3.41. The summed E-state index contributed by atoms with van der Waals surface area (Å²) in [4.78, 5) is 16.4. The van der Waals surface area contributed by atoms with Crippen LogP contribution in [0.4, 0.5) is 0 Å². The third kappa shape index (κ3) is 4.33. The number of carbonyl (C=O) groups is 1. The normalized spacial score (nSPS) is 30.7. The number of amides is 1. The Morgan fingerprint density at radius 1 is 0.960 bits per heavy atom. The maximum atomic E-state index is 12.8. The summed E-state index contributed by atoms with van der Waals surface area (Å²) in [6, 6.07) is 0.142. The Morgan fingerprint density at radius 3 is 2.04 bits per heavy atom. The van der Waals surface area contributed by atoms with E-state index in [-0.39, 0.29) is 11.9 Å². The molecule has 3 rings (SSSR count). The van der Waals surface area contributed by atoms with Gasteiger partial charge in [-0.05, 0) is 25.8 Å². The Morgan fingerprint density at radius 2 is 1.52 bits per heavy atom. The van der Waals surface area contributed by atoms with E-state index in [9.17, 15) is 13.2 Å². The summed E-state index contributed by atoms with van der Waals surface area (Å²) in [5.74, 6) is 0.415. The molecule has 0 bridgehead atoms. The molecular formula is C16H31N5O3S. The number of nitrogens with zero attached hydrogens (tertiary/aromatic N) is 4. The number of rotatable bonds is 4. The minimum absolute atomic E-state index is 0.124. The zero-order valence-corrected chi connectivity index (χ0v) is 16.0. The highest BCUT2D eigenvalue weighted by Crippen LogP contribution is 2.27. The monoisotopic (exact) mass is 373 g/mol. The lowest BCUT2D eigenvalue weighted by molar-refractivity contribution is -0.133. The van der Waals surface area contributed by atoms with Gasteiger partial charge in [-0.3, -0.25) is 4.79 Å². The van der Waals surface area contributed by atoms with E-state index in [0.717, 1.165) is 32.4 Å². The van der Waals surface area contributed by atoms with Crippen LogP contribution >= 0.6 is 0 Å². The number of likely N-dealkylation sites (N-methyl/N-ethyl adjacent to an activating group) is 1. The Balaban J connectivity index is 1.50. The summed E-state index contributed by atoms with van der Waals surface area (Å²) < 4.78 is 28.6. The topological polar surface area (TPSA) is 90.2 Å². The van der Waals surface area contributed by atoms with Crippen molar-refractivity contribution in [2.24, 2.45) is 11.7 Å². The van der Waals surface area contributed by atoms with E-state index in [2.05, 4.69) is 4.90 Å². The fourth-order valence-electron chi connectivity index (χ4n) is 4.02. The highest BCUT2D eigenvalue weighted by molar-refractivity contribution is 7.86. The lowest BCUT2D eigenvalue weighted by atomic mass is 9.99. The molecule has 2 saturated heterocycles. The second kappa shape index (κ2) is 7.87. The molecule has 3 aliphatic rings. The first-order valence-electron chi connectivity index (χ1n) is 9.35. The number of piperazine rings is 2. The molecule has 0 radical (unpaired) electrons. The molecule has 2 heterocycles. The van der Waals surface area contributed by atoms with Crippen molar-refractivity contribution in [3.8, 4) is 0 Å². The molecule has 1 aliphatic carbocycles. The van der Waals surface area contributed by atoms with E-state index in [0.29, 0.717) is 51.6 Å². The van der Waals surface area contributed by atoms with Gasteiger partial charge in [0, 0.05) is 64.8 Å². The predicted molar refractivity (Wildman–Crippen MR) is 96.1 cm³/mol. The van der Waals surface area contributed by atoms with E-state index in [1.165, 1.54) is 4.31 Å². The third-order valence-corrected chi connectivity index (χ3v) is 7.90. The van der Waals surface area contributed by atoms with Crippen molar-refractivity contribution in [3.05, 3.63) is 0 Å². The molecule has 3 fully saturated rings. The molecule has 8 nitrogen and oxygen atoms in total. The summed E-state index contributed by atoms with van der Waals surface area (Å²) >= 11 is 0. The molecule has 2 N–H and O–H groups in total. The van der Waals surface area contributed by atoms with Crippen LogP contribution in [0, 0.1) is 5.92 Å². The maximum Gasteiger partial charge on any atom is 0.282 e. The van der Waals surface area contributed by atoms with Crippen LogP contribution < -0.4 is 5.73 Å². The van der Waals surface area contributed by atoms with Gasteiger partial charge in [0.25, 0.3) is 10.2 Å². The third-order valence-electron chi connectivity index (χ3n) is 5.86. The first kappa shape index (κ1) is 19.0. The van der Waals surface area contributed by atoms with Crippen molar-refractivity contribution >= 4 is 16.1 Å². The van der Waals surface area contributed by atoms with Crippen molar-refractivity contribution in [3.63, 3.8) is 0 Å². The van der Waals surface area contributed by atoms with Gasteiger partial charge in [0.2, 0.25) is 5.91 Å². The van der Waals surface area contributed by atoms with Gasteiger partial charge in [0.1, 0.15) is 0 Å². The zero-order chi connectivity index (χ0) is 18.0. The molecule has 0 spiro atoms. The van der Waals surface area contributed by atoms with Crippen LogP contribution in [0.2, 0.25) is 0 Å². The molecule has 0 aromatic carbocycles. The van der Waals surface area contributed by atoms with Crippen molar-refractivity contribution in [1.29, 1.82) is 0 Å². The van der Waals surface area contributed by atoms with Gasteiger partial charge in [-0.2, -0.15) is 17.0 Å². The highest BCUT2D eigenvalue weighted by atomic mass is 32.2. The van der Waals surface area contributed by atoms with E-state index in [1.807, 2.05) is 7.05 Å². The fourth-order valence-corrected chi connectivity index (χ4v) is 5.60. The molecule has 25 heavy (non-hydrogen) atoms. The lowest BCUT2D eigenvalue weighted by Gasteiger charge is -2.39. The second-order valence-electron chi connectivity index (χ2n) is 7.55. The van der Waals surface area contributed by atoms with Gasteiger partial charge in [0.05, 0.1) is 0 Å². The molecule has 0 aromatic rings. The highest BCUT2D eigenvalue weighted by Gasteiger charge is 2.35. The molecule has 9 heteroatoms. The maximum absolute atomic E-state index is 12.8. The van der Waals surface area contributed by atoms with E-state index in [4.69, 9.17) is 5.73 Å². The molecule has 2 atom stereocenters. The van der Waals surface area contributed by atoms with Crippen LogP contribution in [0.15, 0.2) is 0 Å². The van der Waals surface area contributed by atoms with Crippen molar-refractivity contribution in [2.45, 2.75) is 31.7 Å². The predicted octanol–water partition coefficient (Wildman–Crippen LogP) is -0.860. The van der Waals surface area contributed by atoms with E-state index >= 15 is 0 Å². The minimum Gasteiger partial charge on any atom is -0.340 e. The molecule has 1 amide bonds. The first-order chi connectivity index (χ1) is 11.9. The van der Waals surface area contributed by atoms with Gasteiger partial charge in [-0.15, -0.1) is 0 Å². The van der Waals surface area contributed by atoms with Crippen LogP contribution in [0.5, 0.6) is 0 Å². The molecule has 1 saturated carbocycles. The summed E-state index contributed by atoms with van der Waals surface area (Å²) in [7, 11) is -1.40. The summed E-state index contributed by atoms with van der Waals surface area (Å²) in [6.07, 6.45) is 3.65. The largest absolute Gasteiger partial charge is 0.340 e. The van der Waals surface area contributed by atoms with Crippen molar-refractivity contribution < 1.29 is 13.2 Å². The first-order valence-corrected chi connectivity index (χ1v) is 10.7. The average Bonchev–Trinajstić information content (AvgIpc) is 3.00. The summed E-state index contributed by atoms with van der Waals surface area (Å²) in [5, 5.41) is 0. The molecule has 0 unspecified atom stereocenters. The molecule has 144 valence electrons. The second-order valence-corrected chi connectivity index (χ2v) is 9.48. The van der Waals surface area contributed by atoms with Gasteiger partial charge in [-0.1, -0.05) is 6.42 Å². The quantitative estimate of drug-likeness (QED) is 0.693. The van der Waals surface area contributed by atoms with Crippen LogP contribution in [0.25, 0.3) is 0 Å². The molecule has 0 aromatic heterocycles. The Hall–Kier alpha value is -0.740. The molecular weight excluding hydrogens is 342 g/mol. The van der Waals surface area contributed by atoms with Crippen LogP contribution in [0.3, 0.4) is 0 Å². The average molecular weight is 374 g/mol. The van der Waals surface area contributed by atoms with Crippen molar-refractivity contribution in [2.75, 3.05) is 59.4 Å². The number of hydrogen-bond acceptors (Lipinski definition) is 5. The lowest BCUT2D eigenvalue weighted by Crippen LogP contribution is -2.57. The summed E-state index contributed by atoms with van der Waals surface area (Å²) in [5.41, 5.74) is 6.06. The Kier molecular flexibility index (Phi) is 5.99. The van der Waals surface area contributed by atoms with Crippen molar-refractivity contribution in [1.82, 2.24) is 18.4 Å². The van der Waals surface area contributed by atoms with Crippen LogP contribution in [-0.4, -0.2) is 98.2 Å². The van der Waals surface area contributed by atoms with Gasteiger partial charge in [0.15, 0.2) is 0 Å². The number of nitrogens with two attached hydrogens (primary N) is 1. The SMILES string of the molecule is CN1CCN(S(=O)(=O)N2CCN(C(=O)C[C@@H]3CCC[C@H]3N)CC2)CC1. The number of hydrogen-bond donors (Lipinski definition) is 1. The van der Waals surface area contributed by atoms with Gasteiger partial charge < -0.3 is 15.5 Å². The van der Waals surface area contributed by atoms with E-state index in [1.54, 1.807) is 9.21 Å². The van der Waals surface area contributed by atoms with E-state index < -0.39 is 10.2 Å². The molecule has 2 aliphatic heterocycles. The van der Waals surface area contributed by atoms with Crippen LogP contribution in [-0.2, 0) is 15.0 Å². The number of carbonyl (C=O) groups excluding carboxylic acids is 1. The Labute approximate surface area is 151 Å². The Bertz CT molecular complexity index is 568. The summed E-state index contributed by atoms with van der Waals surface area (Å²) in [6.45, 7) is 4.34. The van der Waals surface area contributed by atoms with Crippen LogP contribution in [0.1, 0.15) is 25.7 Å².